The molecule has 1 N–H and O–H groups in total. The van der Waals surface area contributed by atoms with E-state index in [1.165, 1.54) is 11.2 Å². The van der Waals surface area contributed by atoms with Gasteiger partial charge in [-0.2, -0.15) is 0 Å². The van der Waals surface area contributed by atoms with Crippen LogP contribution < -0.4 is 10.2 Å². The second-order valence-corrected chi connectivity index (χ2v) is 7.73. The van der Waals surface area contributed by atoms with Gasteiger partial charge in [-0.15, -0.1) is 11.3 Å². The summed E-state index contributed by atoms with van der Waals surface area (Å²) in [6.45, 7) is 8.22. The number of rotatable bonds is 6. The second-order valence-electron chi connectivity index (χ2n) is 6.84. The summed E-state index contributed by atoms with van der Waals surface area (Å²) in [5, 5.41) is 7.02. The maximum absolute atomic E-state index is 4.73. The monoisotopic (exact) mass is 370 g/mol. The van der Waals surface area contributed by atoms with E-state index in [-0.39, 0.29) is 0 Å². The van der Waals surface area contributed by atoms with E-state index in [4.69, 9.17) is 4.98 Å². The molecule has 4 rings (SSSR count). The minimum atomic E-state index is 0.584. The van der Waals surface area contributed by atoms with Crippen LogP contribution in [0.3, 0.4) is 0 Å². The first-order valence-electron chi connectivity index (χ1n) is 9.44. The van der Waals surface area contributed by atoms with Gasteiger partial charge in [-0.1, -0.05) is 6.92 Å². The number of thiophene rings is 1. The summed E-state index contributed by atoms with van der Waals surface area (Å²) in [5.74, 6) is 3.14. The lowest BCUT2D eigenvalue weighted by atomic mass is 10.0. The molecule has 0 bridgehead atoms. The van der Waals surface area contributed by atoms with E-state index in [0.717, 1.165) is 61.9 Å². The molecule has 0 spiro atoms. The predicted molar refractivity (Wildman–Crippen MR) is 107 cm³/mol. The van der Waals surface area contributed by atoms with Crippen LogP contribution in [0.2, 0.25) is 0 Å². The highest BCUT2D eigenvalue weighted by atomic mass is 32.1. The largest absolute Gasteiger partial charge is 0.356 e. The van der Waals surface area contributed by atoms with E-state index < -0.39 is 0 Å². The lowest BCUT2D eigenvalue weighted by Gasteiger charge is -2.33. The summed E-state index contributed by atoms with van der Waals surface area (Å²) in [7, 11) is 0. The average molecular weight is 371 g/mol. The van der Waals surface area contributed by atoms with Crippen LogP contribution in [0.5, 0.6) is 0 Å². The van der Waals surface area contributed by atoms with Crippen molar-refractivity contribution in [1.82, 2.24) is 24.8 Å². The van der Waals surface area contributed by atoms with Gasteiger partial charge in [0.2, 0.25) is 0 Å². The molecule has 1 saturated heterocycles. The fourth-order valence-corrected chi connectivity index (χ4v) is 4.53. The van der Waals surface area contributed by atoms with Gasteiger partial charge in [-0.3, -0.25) is 0 Å². The Hall–Kier alpha value is -1.99. The van der Waals surface area contributed by atoms with Crippen molar-refractivity contribution < 1.29 is 0 Å². The molecular formula is C19H26N6S. The van der Waals surface area contributed by atoms with E-state index in [2.05, 4.69) is 49.3 Å². The van der Waals surface area contributed by atoms with Crippen LogP contribution >= 0.6 is 11.3 Å². The van der Waals surface area contributed by atoms with Gasteiger partial charge >= 0.3 is 0 Å². The van der Waals surface area contributed by atoms with Crippen LogP contribution in [0.15, 0.2) is 23.8 Å². The number of aromatic nitrogens is 4. The Morgan fingerprint density at radius 3 is 2.92 bits per heavy atom. The van der Waals surface area contributed by atoms with E-state index in [9.17, 15) is 0 Å². The highest BCUT2D eigenvalue weighted by Gasteiger charge is 2.22. The molecule has 0 amide bonds. The molecular weight excluding hydrogens is 344 g/mol. The fraction of sp³-hybridized carbons (Fsp3) is 0.526. The molecule has 7 heteroatoms. The van der Waals surface area contributed by atoms with E-state index in [1.807, 2.05) is 13.1 Å². The summed E-state index contributed by atoms with van der Waals surface area (Å²) < 4.78 is 2.25. The Bertz CT molecular complexity index is 862. The Balaban J connectivity index is 1.32. The zero-order valence-electron chi connectivity index (χ0n) is 15.5. The topological polar surface area (TPSA) is 58.9 Å². The van der Waals surface area contributed by atoms with Gasteiger partial charge in [-0.25, -0.2) is 15.0 Å². The Kier molecular flexibility index (Phi) is 5.17. The molecule has 3 aromatic rings. The zero-order chi connectivity index (χ0) is 17.9. The fourth-order valence-electron chi connectivity index (χ4n) is 3.73. The van der Waals surface area contributed by atoms with Crippen LogP contribution in [0.4, 0.5) is 5.82 Å². The molecule has 1 aliphatic rings. The number of fused-ring (bicyclic) bond motifs is 1. The van der Waals surface area contributed by atoms with Gasteiger partial charge in [0, 0.05) is 51.0 Å². The molecule has 3 aromatic heterocycles. The van der Waals surface area contributed by atoms with Crippen molar-refractivity contribution >= 4 is 27.4 Å². The minimum Gasteiger partial charge on any atom is -0.356 e. The molecule has 0 radical (unpaired) electrons. The molecule has 6 nitrogen and oxygen atoms in total. The predicted octanol–water partition coefficient (Wildman–Crippen LogP) is 3.02. The second kappa shape index (κ2) is 7.72. The Labute approximate surface area is 158 Å². The van der Waals surface area contributed by atoms with Crippen molar-refractivity contribution in [3.05, 3.63) is 35.5 Å². The summed E-state index contributed by atoms with van der Waals surface area (Å²) >= 11 is 1.70. The van der Waals surface area contributed by atoms with Gasteiger partial charge in [-0.05, 0) is 31.2 Å². The summed E-state index contributed by atoms with van der Waals surface area (Å²) in [6, 6.07) is 2.73. The molecule has 0 unspecified atom stereocenters. The molecule has 0 aliphatic carbocycles. The lowest BCUT2D eigenvalue weighted by Crippen LogP contribution is -2.43. The first-order chi connectivity index (χ1) is 12.7. The van der Waals surface area contributed by atoms with Gasteiger partial charge < -0.3 is 14.8 Å². The molecule has 0 saturated carbocycles. The maximum Gasteiger partial charge on any atom is 0.141 e. The van der Waals surface area contributed by atoms with Crippen LogP contribution in [0.1, 0.15) is 31.4 Å². The highest BCUT2D eigenvalue weighted by molar-refractivity contribution is 7.16. The molecule has 1 aliphatic heterocycles. The third kappa shape index (κ3) is 3.59. The van der Waals surface area contributed by atoms with E-state index in [1.54, 1.807) is 11.3 Å². The summed E-state index contributed by atoms with van der Waals surface area (Å²) in [5.41, 5.74) is 0. The number of nitrogens with one attached hydrogen (secondary N) is 1. The van der Waals surface area contributed by atoms with Gasteiger partial charge in [0.15, 0.2) is 0 Å². The SMILES string of the molecule is CCc1nccn1CCNC1CCN(c2nc(C)nc3sccc23)CC1. The Morgan fingerprint density at radius 2 is 2.12 bits per heavy atom. The van der Waals surface area contributed by atoms with E-state index in [0.29, 0.717) is 6.04 Å². The lowest BCUT2D eigenvalue weighted by molar-refractivity contribution is 0.404. The van der Waals surface area contributed by atoms with Gasteiger partial charge in [0.1, 0.15) is 22.3 Å². The highest BCUT2D eigenvalue weighted by Crippen LogP contribution is 2.29. The van der Waals surface area contributed by atoms with Crippen LogP contribution in [-0.4, -0.2) is 45.2 Å². The molecule has 138 valence electrons. The number of hydrogen-bond acceptors (Lipinski definition) is 6. The van der Waals surface area contributed by atoms with Crippen LogP contribution in [0.25, 0.3) is 10.2 Å². The van der Waals surface area contributed by atoms with E-state index >= 15 is 0 Å². The first kappa shape index (κ1) is 17.4. The molecule has 0 aromatic carbocycles. The first-order valence-corrected chi connectivity index (χ1v) is 10.3. The van der Waals surface area contributed by atoms with Gasteiger partial charge in [0.25, 0.3) is 0 Å². The van der Waals surface area contributed by atoms with Crippen molar-refractivity contribution in [2.24, 2.45) is 0 Å². The van der Waals surface area contributed by atoms with Crippen molar-refractivity contribution in [2.75, 3.05) is 24.5 Å². The van der Waals surface area contributed by atoms with Gasteiger partial charge in [0.05, 0.1) is 5.39 Å². The van der Waals surface area contributed by atoms with Crippen molar-refractivity contribution in [3.63, 3.8) is 0 Å². The third-order valence-corrected chi connectivity index (χ3v) is 5.92. The minimum absolute atomic E-state index is 0.584. The molecule has 26 heavy (non-hydrogen) atoms. The Morgan fingerprint density at radius 1 is 1.27 bits per heavy atom. The van der Waals surface area contributed by atoms with Crippen molar-refractivity contribution in [3.8, 4) is 0 Å². The molecule has 0 atom stereocenters. The molecule has 1 fully saturated rings. The summed E-state index contributed by atoms with van der Waals surface area (Å²) in [4.78, 5) is 17.2. The number of aryl methyl sites for hydroxylation is 2. The number of anilines is 1. The quantitative estimate of drug-likeness (QED) is 0.723. The van der Waals surface area contributed by atoms with Crippen molar-refractivity contribution in [1.29, 1.82) is 0 Å². The number of imidazole rings is 1. The summed E-state index contributed by atoms with van der Waals surface area (Å²) in [6.07, 6.45) is 7.26. The number of hydrogen-bond donors (Lipinski definition) is 1. The average Bonchev–Trinajstić information content (AvgIpc) is 3.30. The van der Waals surface area contributed by atoms with Crippen LogP contribution in [0, 0.1) is 6.92 Å². The molecule has 4 heterocycles. The number of piperidine rings is 1. The smallest absolute Gasteiger partial charge is 0.141 e. The maximum atomic E-state index is 4.73. The standard InChI is InChI=1S/C19H26N6S/c1-3-17-21-8-12-24(17)11-7-20-15-4-9-25(10-5-15)18-16-6-13-26-19(16)23-14(2)22-18/h6,8,12-13,15,20H,3-5,7,9-11H2,1-2H3. The zero-order valence-corrected chi connectivity index (χ0v) is 16.3. The van der Waals surface area contributed by atoms with Crippen molar-refractivity contribution in [2.45, 2.75) is 45.7 Å². The van der Waals surface area contributed by atoms with Crippen LogP contribution in [-0.2, 0) is 13.0 Å². The third-order valence-electron chi connectivity index (χ3n) is 5.11. The normalized spacial score (nSPS) is 15.8. The number of nitrogens with zero attached hydrogens (tertiary/aromatic N) is 5.